The van der Waals surface area contributed by atoms with E-state index >= 15 is 0 Å². The number of hydrogen-bond acceptors (Lipinski definition) is 2. The van der Waals surface area contributed by atoms with Gasteiger partial charge in [-0.3, -0.25) is 9.59 Å². The van der Waals surface area contributed by atoms with E-state index in [1.54, 1.807) is 0 Å². The molecule has 1 aromatic carbocycles. The molecule has 0 atom stereocenters. The summed E-state index contributed by atoms with van der Waals surface area (Å²) in [4.78, 5) is 25.2. The fourth-order valence-corrected chi connectivity index (χ4v) is 2.29. The van der Waals surface area contributed by atoms with Gasteiger partial charge < -0.3 is 10.2 Å². The molecular weight excluding hydrogens is 240 g/mol. The van der Waals surface area contributed by atoms with E-state index in [1.807, 2.05) is 36.9 Å². The molecule has 0 spiro atoms. The van der Waals surface area contributed by atoms with E-state index in [9.17, 15) is 9.59 Å². The number of anilines is 2. The van der Waals surface area contributed by atoms with Gasteiger partial charge in [0.15, 0.2) is 0 Å². The fraction of sp³-hybridized carbons (Fsp3) is 0.467. The lowest BCUT2D eigenvalue weighted by Crippen LogP contribution is -2.35. The third kappa shape index (κ3) is 3.13. The lowest BCUT2D eigenvalue weighted by molar-refractivity contribution is -0.119. The van der Waals surface area contributed by atoms with Gasteiger partial charge in [0, 0.05) is 30.8 Å². The number of carbonyl (C=O) groups excluding carboxylic acids is 2. The summed E-state index contributed by atoms with van der Waals surface area (Å²) < 4.78 is 0. The van der Waals surface area contributed by atoms with Crippen LogP contribution in [0, 0.1) is 6.92 Å². The van der Waals surface area contributed by atoms with Crippen LogP contribution >= 0.6 is 0 Å². The number of amides is 2. The SMILES string of the molecule is CCC(=O)Nc1ccc(C)c(N2CCCCC2=O)c1. The van der Waals surface area contributed by atoms with Gasteiger partial charge >= 0.3 is 0 Å². The summed E-state index contributed by atoms with van der Waals surface area (Å²) in [7, 11) is 0. The Bertz CT molecular complexity index is 497. The van der Waals surface area contributed by atoms with E-state index in [0.717, 1.165) is 36.3 Å². The van der Waals surface area contributed by atoms with Crippen LogP contribution < -0.4 is 10.2 Å². The standard InChI is InChI=1S/C15H20N2O2/c1-3-14(18)16-12-8-7-11(2)13(10-12)17-9-5-4-6-15(17)19/h7-8,10H,3-6,9H2,1-2H3,(H,16,18). The van der Waals surface area contributed by atoms with Crippen LogP contribution in [0.15, 0.2) is 18.2 Å². The maximum Gasteiger partial charge on any atom is 0.226 e. The molecule has 1 heterocycles. The number of nitrogens with one attached hydrogen (secondary N) is 1. The van der Waals surface area contributed by atoms with Crippen LogP contribution in [-0.4, -0.2) is 18.4 Å². The minimum atomic E-state index is -0.0141. The van der Waals surface area contributed by atoms with Gasteiger partial charge in [0.25, 0.3) is 0 Å². The Kier molecular flexibility index (Phi) is 4.20. The average molecular weight is 260 g/mol. The van der Waals surface area contributed by atoms with Crippen molar-refractivity contribution in [2.45, 2.75) is 39.5 Å². The summed E-state index contributed by atoms with van der Waals surface area (Å²) >= 11 is 0. The van der Waals surface area contributed by atoms with Gasteiger partial charge in [-0.1, -0.05) is 13.0 Å². The largest absolute Gasteiger partial charge is 0.326 e. The van der Waals surface area contributed by atoms with Gasteiger partial charge in [-0.15, -0.1) is 0 Å². The van der Waals surface area contributed by atoms with E-state index in [0.29, 0.717) is 12.8 Å². The van der Waals surface area contributed by atoms with Crippen molar-refractivity contribution in [1.82, 2.24) is 0 Å². The minimum absolute atomic E-state index is 0.0141. The molecule has 1 aromatic rings. The van der Waals surface area contributed by atoms with E-state index in [-0.39, 0.29) is 11.8 Å². The Morgan fingerprint density at radius 1 is 1.37 bits per heavy atom. The molecule has 1 aliphatic rings. The zero-order chi connectivity index (χ0) is 13.8. The molecule has 0 radical (unpaired) electrons. The Balaban J connectivity index is 2.26. The predicted octanol–water partition coefficient (Wildman–Crippen LogP) is 2.86. The van der Waals surface area contributed by atoms with E-state index in [4.69, 9.17) is 0 Å². The highest BCUT2D eigenvalue weighted by Crippen LogP contribution is 2.27. The van der Waals surface area contributed by atoms with Crippen molar-refractivity contribution >= 4 is 23.2 Å². The minimum Gasteiger partial charge on any atom is -0.326 e. The van der Waals surface area contributed by atoms with Gasteiger partial charge in [0.05, 0.1) is 0 Å². The zero-order valence-electron chi connectivity index (χ0n) is 11.5. The zero-order valence-corrected chi connectivity index (χ0v) is 11.5. The van der Waals surface area contributed by atoms with Crippen molar-refractivity contribution in [3.63, 3.8) is 0 Å². The lowest BCUT2D eigenvalue weighted by atomic mass is 10.1. The first-order valence-corrected chi connectivity index (χ1v) is 6.82. The quantitative estimate of drug-likeness (QED) is 0.908. The Morgan fingerprint density at radius 3 is 2.84 bits per heavy atom. The van der Waals surface area contributed by atoms with E-state index in [2.05, 4.69) is 5.32 Å². The second-order valence-corrected chi connectivity index (χ2v) is 4.91. The van der Waals surface area contributed by atoms with Crippen molar-refractivity contribution < 1.29 is 9.59 Å². The summed E-state index contributed by atoms with van der Waals surface area (Å²) in [5.41, 5.74) is 2.73. The first-order chi connectivity index (χ1) is 9.11. The summed E-state index contributed by atoms with van der Waals surface area (Å²) in [6, 6.07) is 5.72. The van der Waals surface area contributed by atoms with Gasteiger partial charge in [-0.2, -0.15) is 0 Å². The third-order valence-electron chi connectivity index (χ3n) is 3.43. The van der Waals surface area contributed by atoms with Crippen molar-refractivity contribution in [1.29, 1.82) is 0 Å². The number of aryl methyl sites for hydroxylation is 1. The van der Waals surface area contributed by atoms with Crippen molar-refractivity contribution in [2.75, 3.05) is 16.8 Å². The van der Waals surface area contributed by atoms with Gasteiger partial charge in [0.2, 0.25) is 11.8 Å². The summed E-state index contributed by atoms with van der Waals surface area (Å²) in [5, 5.41) is 2.84. The van der Waals surface area contributed by atoms with Crippen molar-refractivity contribution in [2.24, 2.45) is 0 Å². The summed E-state index contributed by atoms with van der Waals surface area (Å²) in [5.74, 6) is 0.160. The van der Waals surface area contributed by atoms with Gasteiger partial charge in [0.1, 0.15) is 0 Å². The number of piperidine rings is 1. The molecule has 1 saturated heterocycles. The number of hydrogen-bond donors (Lipinski definition) is 1. The molecule has 1 N–H and O–H groups in total. The maximum absolute atomic E-state index is 12.0. The topological polar surface area (TPSA) is 49.4 Å². The average Bonchev–Trinajstić information content (AvgIpc) is 2.41. The Hall–Kier alpha value is -1.84. The molecule has 0 aromatic heterocycles. The second-order valence-electron chi connectivity index (χ2n) is 4.91. The molecule has 1 fully saturated rings. The molecule has 4 nitrogen and oxygen atoms in total. The summed E-state index contributed by atoms with van der Waals surface area (Å²) in [6.45, 7) is 4.58. The fourth-order valence-electron chi connectivity index (χ4n) is 2.29. The molecule has 2 amide bonds. The molecule has 4 heteroatoms. The monoisotopic (exact) mass is 260 g/mol. The normalized spacial score (nSPS) is 15.5. The van der Waals surface area contributed by atoms with Crippen LogP contribution in [0.3, 0.4) is 0 Å². The molecule has 19 heavy (non-hydrogen) atoms. The molecule has 102 valence electrons. The maximum atomic E-state index is 12.0. The van der Waals surface area contributed by atoms with Crippen LogP contribution in [0.4, 0.5) is 11.4 Å². The first-order valence-electron chi connectivity index (χ1n) is 6.82. The van der Waals surface area contributed by atoms with Crippen LogP contribution in [0.25, 0.3) is 0 Å². The summed E-state index contributed by atoms with van der Waals surface area (Å²) in [6.07, 6.45) is 3.08. The van der Waals surface area contributed by atoms with Crippen molar-refractivity contribution in [3.8, 4) is 0 Å². The van der Waals surface area contributed by atoms with Crippen LogP contribution in [-0.2, 0) is 9.59 Å². The second kappa shape index (κ2) is 5.87. The molecular formula is C15H20N2O2. The van der Waals surface area contributed by atoms with Crippen molar-refractivity contribution in [3.05, 3.63) is 23.8 Å². The van der Waals surface area contributed by atoms with E-state index < -0.39 is 0 Å². The smallest absolute Gasteiger partial charge is 0.226 e. The van der Waals surface area contributed by atoms with E-state index in [1.165, 1.54) is 0 Å². The first kappa shape index (κ1) is 13.6. The lowest BCUT2D eigenvalue weighted by Gasteiger charge is -2.28. The highest BCUT2D eigenvalue weighted by molar-refractivity contribution is 5.96. The predicted molar refractivity (Wildman–Crippen MR) is 76.3 cm³/mol. The van der Waals surface area contributed by atoms with Gasteiger partial charge in [-0.05, 0) is 37.5 Å². The Morgan fingerprint density at radius 2 is 2.16 bits per heavy atom. The molecule has 0 saturated carbocycles. The number of nitrogens with zero attached hydrogens (tertiary/aromatic N) is 1. The third-order valence-corrected chi connectivity index (χ3v) is 3.43. The number of carbonyl (C=O) groups is 2. The Labute approximate surface area is 113 Å². The molecule has 0 bridgehead atoms. The number of rotatable bonds is 3. The molecule has 2 rings (SSSR count). The number of benzene rings is 1. The van der Waals surface area contributed by atoms with Gasteiger partial charge in [-0.25, -0.2) is 0 Å². The van der Waals surface area contributed by atoms with Crippen LogP contribution in [0.2, 0.25) is 0 Å². The highest BCUT2D eigenvalue weighted by Gasteiger charge is 2.21. The van der Waals surface area contributed by atoms with Crippen LogP contribution in [0.1, 0.15) is 38.2 Å². The molecule has 1 aliphatic heterocycles. The highest BCUT2D eigenvalue weighted by atomic mass is 16.2. The van der Waals surface area contributed by atoms with Crippen LogP contribution in [0.5, 0.6) is 0 Å². The molecule has 0 aliphatic carbocycles. The molecule has 0 unspecified atom stereocenters.